The molecule has 4 rings (SSSR count). The molecular weight excluding hydrogens is 480 g/mol. The predicted octanol–water partition coefficient (Wildman–Crippen LogP) is 4.76. The van der Waals surface area contributed by atoms with Crippen molar-refractivity contribution in [3.8, 4) is 17.2 Å². The molecule has 8 nitrogen and oxygen atoms in total. The highest BCUT2D eigenvalue weighted by Crippen LogP contribution is 2.41. The van der Waals surface area contributed by atoms with Crippen LogP contribution in [0, 0.1) is 6.92 Å². The first kappa shape index (κ1) is 24.6. The van der Waals surface area contributed by atoms with Crippen LogP contribution in [-0.4, -0.2) is 29.6 Å². The van der Waals surface area contributed by atoms with Crippen molar-refractivity contribution >= 4 is 27.3 Å². The Bertz CT molecular complexity index is 1520. The molecule has 0 heterocycles. The summed E-state index contributed by atoms with van der Waals surface area (Å²) < 4.78 is 27.9. The maximum absolute atomic E-state index is 12.9. The zero-order valence-corrected chi connectivity index (χ0v) is 20.1. The maximum Gasteiger partial charge on any atom is 0.261 e. The zero-order valence-electron chi connectivity index (χ0n) is 19.3. The summed E-state index contributed by atoms with van der Waals surface area (Å²) in [5.41, 5.74) is 2.45. The summed E-state index contributed by atoms with van der Waals surface area (Å²) in [6.07, 6.45) is 0.224. The summed E-state index contributed by atoms with van der Waals surface area (Å²) in [4.78, 5) is 12.9. The van der Waals surface area contributed by atoms with Gasteiger partial charge in [0.1, 0.15) is 0 Å². The monoisotopic (exact) mass is 504 g/mol. The second kappa shape index (κ2) is 10.0. The molecule has 0 aliphatic rings. The lowest BCUT2D eigenvalue weighted by atomic mass is 10.00. The molecule has 0 bridgehead atoms. The third kappa shape index (κ3) is 5.42. The summed E-state index contributed by atoms with van der Waals surface area (Å²) in [5.74, 6) is -2.81. The Morgan fingerprint density at radius 2 is 1.47 bits per heavy atom. The van der Waals surface area contributed by atoms with E-state index in [2.05, 4.69) is 10.0 Å². The van der Waals surface area contributed by atoms with Crippen LogP contribution in [0.3, 0.4) is 0 Å². The molecule has 0 spiro atoms. The number of sulfonamides is 1. The van der Waals surface area contributed by atoms with Crippen molar-refractivity contribution in [3.63, 3.8) is 0 Å². The number of phenols is 3. The van der Waals surface area contributed by atoms with E-state index in [1.54, 1.807) is 18.2 Å². The first-order valence-corrected chi connectivity index (χ1v) is 12.4. The topological polar surface area (TPSA) is 136 Å². The predicted molar refractivity (Wildman–Crippen MR) is 137 cm³/mol. The number of phenolic OH excluding ortho intramolecular Hbond substituents is 3. The van der Waals surface area contributed by atoms with Gasteiger partial charge in [0.25, 0.3) is 15.9 Å². The molecular formula is C27H24N2O6S. The Labute approximate surface area is 208 Å². The van der Waals surface area contributed by atoms with Crippen molar-refractivity contribution in [2.24, 2.45) is 0 Å². The third-order valence-electron chi connectivity index (χ3n) is 5.50. The quantitative estimate of drug-likeness (QED) is 0.230. The summed E-state index contributed by atoms with van der Waals surface area (Å²) in [6, 6.07) is 22.9. The number of hydrogen-bond donors (Lipinski definition) is 5. The highest BCUT2D eigenvalue weighted by atomic mass is 32.2. The summed E-state index contributed by atoms with van der Waals surface area (Å²) in [7, 11) is -3.84. The fourth-order valence-corrected chi connectivity index (χ4v) is 4.71. The number of nitrogens with one attached hydrogen (secondary N) is 2. The van der Waals surface area contributed by atoms with Crippen LogP contribution in [0.2, 0.25) is 0 Å². The molecule has 9 heteroatoms. The molecule has 0 aromatic heterocycles. The van der Waals surface area contributed by atoms with Crippen LogP contribution in [0.15, 0.2) is 89.8 Å². The summed E-state index contributed by atoms with van der Waals surface area (Å²) in [5, 5.41) is 33.3. The second-order valence-electron chi connectivity index (χ2n) is 8.24. The van der Waals surface area contributed by atoms with Crippen molar-refractivity contribution < 1.29 is 28.5 Å². The number of carbonyl (C=O) groups is 1. The standard InChI is InChI=1S/C27H24N2O6S/c1-17-6-5-9-21(14-17)29-36(34,35)22-12-10-20(11-13-22)28-27(33)23-16-19(24(30)26(32)25(23)31)15-18-7-3-2-4-8-18/h2-14,16,29-32H,15H2,1H3,(H,28,33). The Morgan fingerprint density at radius 3 is 2.14 bits per heavy atom. The lowest BCUT2D eigenvalue weighted by Crippen LogP contribution is -2.14. The van der Waals surface area contributed by atoms with Crippen LogP contribution in [0.5, 0.6) is 17.2 Å². The van der Waals surface area contributed by atoms with Crippen LogP contribution in [0.1, 0.15) is 27.0 Å². The van der Waals surface area contributed by atoms with E-state index in [1.165, 1.54) is 30.3 Å². The Morgan fingerprint density at radius 1 is 0.778 bits per heavy atom. The van der Waals surface area contributed by atoms with Crippen LogP contribution in [-0.2, 0) is 16.4 Å². The van der Waals surface area contributed by atoms with Crippen molar-refractivity contribution in [1.29, 1.82) is 0 Å². The van der Waals surface area contributed by atoms with Gasteiger partial charge in [-0.25, -0.2) is 8.42 Å². The van der Waals surface area contributed by atoms with Gasteiger partial charge in [-0.2, -0.15) is 0 Å². The van der Waals surface area contributed by atoms with Gasteiger partial charge in [-0.1, -0.05) is 42.5 Å². The first-order valence-electron chi connectivity index (χ1n) is 11.0. The zero-order chi connectivity index (χ0) is 25.9. The van der Waals surface area contributed by atoms with Crippen molar-refractivity contribution in [2.45, 2.75) is 18.2 Å². The number of benzene rings is 4. The van der Waals surface area contributed by atoms with Crippen LogP contribution < -0.4 is 10.0 Å². The average Bonchev–Trinajstić information content (AvgIpc) is 2.85. The van der Waals surface area contributed by atoms with Gasteiger partial charge in [0.2, 0.25) is 5.75 Å². The molecule has 0 aliphatic carbocycles. The number of anilines is 2. The van der Waals surface area contributed by atoms with E-state index in [0.29, 0.717) is 5.69 Å². The van der Waals surface area contributed by atoms with Gasteiger partial charge < -0.3 is 20.6 Å². The molecule has 0 atom stereocenters. The minimum Gasteiger partial charge on any atom is -0.504 e. The molecule has 4 aromatic carbocycles. The second-order valence-corrected chi connectivity index (χ2v) is 9.93. The van der Waals surface area contributed by atoms with Gasteiger partial charge in [-0.15, -0.1) is 0 Å². The normalized spacial score (nSPS) is 11.1. The fourth-order valence-electron chi connectivity index (χ4n) is 3.66. The van der Waals surface area contributed by atoms with Gasteiger partial charge in [0.15, 0.2) is 11.5 Å². The molecule has 4 aromatic rings. The van der Waals surface area contributed by atoms with Crippen LogP contribution in [0.25, 0.3) is 0 Å². The van der Waals surface area contributed by atoms with E-state index in [1.807, 2.05) is 43.3 Å². The maximum atomic E-state index is 12.9. The van der Waals surface area contributed by atoms with Crippen molar-refractivity contribution in [1.82, 2.24) is 0 Å². The largest absolute Gasteiger partial charge is 0.504 e. The molecule has 0 saturated heterocycles. The molecule has 0 radical (unpaired) electrons. The molecule has 0 saturated carbocycles. The molecule has 5 N–H and O–H groups in total. The SMILES string of the molecule is Cc1cccc(NS(=O)(=O)c2ccc(NC(=O)c3cc(Cc4ccccc4)c(O)c(O)c3O)cc2)c1. The minimum absolute atomic E-state index is 0.00252. The molecule has 0 unspecified atom stereocenters. The number of amides is 1. The van der Waals surface area contributed by atoms with E-state index >= 15 is 0 Å². The summed E-state index contributed by atoms with van der Waals surface area (Å²) >= 11 is 0. The Balaban J connectivity index is 1.53. The highest BCUT2D eigenvalue weighted by molar-refractivity contribution is 7.92. The number of aryl methyl sites for hydroxylation is 1. The van der Waals surface area contributed by atoms with Gasteiger partial charge in [-0.3, -0.25) is 9.52 Å². The van der Waals surface area contributed by atoms with E-state index in [9.17, 15) is 28.5 Å². The lowest BCUT2D eigenvalue weighted by molar-refractivity contribution is 0.102. The lowest BCUT2D eigenvalue weighted by Gasteiger charge is -2.13. The van der Waals surface area contributed by atoms with Crippen LogP contribution in [0.4, 0.5) is 11.4 Å². The fraction of sp³-hybridized carbons (Fsp3) is 0.0741. The van der Waals surface area contributed by atoms with Crippen molar-refractivity contribution in [3.05, 3.63) is 107 Å². The summed E-state index contributed by atoms with van der Waals surface area (Å²) in [6.45, 7) is 1.85. The molecule has 0 aliphatic heterocycles. The average molecular weight is 505 g/mol. The van der Waals surface area contributed by atoms with E-state index in [-0.39, 0.29) is 28.1 Å². The van der Waals surface area contributed by atoms with E-state index in [4.69, 9.17) is 0 Å². The van der Waals surface area contributed by atoms with Gasteiger partial charge in [0.05, 0.1) is 10.5 Å². The van der Waals surface area contributed by atoms with E-state index < -0.39 is 33.2 Å². The number of hydrogen-bond acceptors (Lipinski definition) is 6. The van der Waals surface area contributed by atoms with Gasteiger partial charge >= 0.3 is 0 Å². The number of aromatic hydroxyl groups is 3. The molecule has 184 valence electrons. The first-order chi connectivity index (χ1) is 17.1. The highest BCUT2D eigenvalue weighted by Gasteiger charge is 2.22. The van der Waals surface area contributed by atoms with Crippen LogP contribution >= 0.6 is 0 Å². The molecule has 0 fully saturated rings. The van der Waals surface area contributed by atoms with Gasteiger partial charge in [-0.05, 0) is 60.5 Å². The number of carbonyl (C=O) groups excluding carboxylic acids is 1. The molecule has 1 amide bonds. The van der Waals surface area contributed by atoms with E-state index in [0.717, 1.165) is 11.1 Å². The smallest absolute Gasteiger partial charge is 0.261 e. The Kier molecular flexibility index (Phi) is 6.84. The minimum atomic E-state index is -3.84. The Hall–Kier alpha value is -4.50. The molecule has 36 heavy (non-hydrogen) atoms. The van der Waals surface area contributed by atoms with Gasteiger partial charge in [0, 0.05) is 23.4 Å². The van der Waals surface area contributed by atoms with Crippen molar-refractivity contribution in [2.75, 3.05) is 10.0 Å². The number of rotatable bonds is 7. The third-order valence-corrected chi connectivity index (χ3v) is 6.90.